The van der Waals surface area contributed by atoms with E-state index in [1.165, 1.54) is 51.6 Å². The minimum Gasteiger partial charge on any atom is -0.383 e. The number of ether oxygens (including phenoxy) is 1. The molecule has 1 N–H and O–H groups in total. The number of piperidine rings is 1. The Balaban J connectivity index is 1.78. The normalized spacial score (nSPS) is 24.6. The van der Waals surface area contributed by atoms with Gasteiger partial charge in [0.1, 0.15) is 0 Å². The summed E-state index contributed by atoms with van der Waals surface area (Å²) in [5, 5.41) is 3.61. The van der Waals surface area contributed by atoms with Crippen molar-refractivity contribution in [2.24, 2.45) is 11.3 Å². The fourth-order valence-electron chi connectivity index (χ4n) is 4.01. The van der Waals surface area contributed by atoms with Crippen molar-refractivity contribution in [3.05, 3.63) is 0 Å². The minimum absolute atomic E-state index is 0.553. The number of hydrogen-bond acceptors (Lipinski definition) is 3. The van der Waals surface area contributed by atoms with Gasteiger partial charge in [0.05, 0.1) is 6.61 Å². The van der Waals surface area contributed by atoms with Crippen molar-refractivity contribution in [1.82, 2.24) is 10.2 Å². The second kappa shape index (κ2) is 7.77. The average molecular weight is 282 g/mol. The maximum atomic E-state index is 5.45. The molecule has 3 nitrogen and oxygen atoms in total. The SMILES string of the molecule is COCC(CNCC(C)C)N1CCC2(CCCC2)CC1. The van der Waals surface area contributed by atoms with Gasteiger partial charge in [0.2, 0.25) is 0 Å². The van der Waals surface area contributed by atoms with Gasteiger partial charge in [0, 0.05) is 19.7 Å². The number of hydrogen-bond donors (Lipinski definition) is 1. The van der Waals surface area contributed by atoms with Gasteiger partial charge in [0.25, 0.3) is 0 Å². The summed E-state index contributed by atoms with van der Waals surface area (Å²) in [6.07, 6.45) is 8.74. The number of nitrogens with zero attached hydrogens (tertiary/aromatic N) is 1. The van der Waals surface area contributed by atoms with Crippen LogP contribution in [0.25, 0.3) is 0 Å². The van der Waals surface area contributed by atoms with Crippen LogP contribution in [0.1, 0.15) is 52.4 Å². The molecular formula is C17H34N2O. The zero-order chi connectivity index (χ0) is 14.4. The molecule has 0 aromatic carbocycles. The molecule has 0 bridgehead atoms. The van der Waals surface area contributed by atoms with Crippen LogP contribution in [0.3, 0.4) is 0 Å². The highest BCUT2D eigenvalue weighted by Gasteiger charge is 2.38. The van der Waals surface area contributed by atoms with Gasteiger partial charge in [-0.3, -0.25) is 4.90 Å². The summed E-state index contributed by atoms with van der Waals surface area (Å²) in [7, 11) is 1.83. The van der Waals surface area contributed by atoms with Gasteiger partial charge in [-0.2, -0.15) is 0 Å². The van der Waals surface area contributed by atoms with Gasteiger partial charge < -0.3 is 10.1 Å². The van der Waals surface area contributed by atoms with Gasteiger partial charge in [-0.25, -0.2) is 0 Å². The van der Waals surface area contributed by atoms with E-state index in [0.29, 0.717) is 6.04 Å². The predicted molar refractivity (Wildman–Crippen MR) is 85.1 cm³/mol. The molecule has 2 aliphatic rings. The van der Waals surface area contributed by atoms with Crippen LogP contribution in [0.2, 0.25) is 0 Å². The van der Waals surface area contributed by atoms with E-state index in [4.69, 9.17) is 4.74 Å². The van der Waals surface area contributed by atoms with Gasteiger partial charge in [0.15, 0.2) is 0 Å². The number of nitrogens with one attached hydrogen (secondary N) is 1. The summed E-state index contributed by atoms with van der Waals surface area (Å²) in [4.78, 5) is 2.67. The number of likely N-dealkylation sites (tertiary alicyclic amines) is 1. The molecule has 2 fully saturated rings. The number of methoxy groups -OCH3 is 1. The van der Waals surface area contributed by atoms with E-state index in [-0.39, 0.29) is 0 Å². The molecule has 1 aliphatic heterocycles. The van der Waals surface area contributed by atoms with Crippen molar-refractivity contribution in [2.75, 3.05) is 39.9 Å². The Morgan fingerprint density at radius 2 is 1.70 bits per heavy atom. The summed E-state index contributed by atoms with van der Waals surface area (Å²) in [5.74, 6) is 0.723. The molecule has 0 amide bonds. The van der Waals surface area contributed by atoms with Crippen molar-refractivity contribution < 1.29 is 4.74 Å². The first-order valence-electron chi connectivity index (χ1n) is 8.59. The molecule has 1 spiro atoms. The van der Waals surface area contributed by atoms with Crippen LogP contribution in [0.4, 0.5) is 0 Å². The van der Waals surface area contributed by atoms with E-state index < -0.39 is 0 Å². The lowest BCUT2D eigenvalue weighted by molar-refractivity contribution is 0.0373. The lowest BCUT2D eigenvalue weighted by Crippen LogP contribution is -2.50. The van der Waals surface area contributed by atoms with Crippen molar-refractivity contribution in [1.29, 1.82) is 0 Å². The predicted octanol–water partition coefficient (Wildman–Crippen LogP) is 2.90. The lowest BCUT2D eigenvalue weighted by Gasteiger charge is -2.42. The molecule has 3 heteroatoms. The van der Waals surface area contributed by atoms with Crippen LogP contribution >= 0.6 is 0 Å². The standard InChI is InChI=1S/C17H34N2O/c1-15(2)12-18-13-16(14-20-3)19-10-8-17(9-11-19)6-4-5-7-17/h15-16,18H,4-14H2,1-3H3. The summed E-state index contributed by atoms with van der Waals surface area (Å²) >= 11 is 0. The second-order valence-electron chi connectivity index (χ2n) is 7.40. The summed E-state index contributed by atoms with van der Waals surface area (Å²) in [6.45, 7) is 10.1. The Kier molecular flexibility index (Phi) is 6.31. The van der Waals surface area contributed by atoms with E-state index in [1.54, 1.807) is 0 Å². The van der Waals surface area contributed by atoms with E-state index in [2.05, 4.69) is 24.1 Å². The molecule has 20 heavy (non-hydrogen) atoms. The summed E-state index contributed by atoms with van der Waals surface area (Å²) < 4.78 is 5.45. The molecule has 118 valence electrons. The van der Waals surface area contributed by atoms with Crippen LogP contribution in [0, 0.1) is 11.3 Å². The Labute approximate surface area is 125 Å². The van der Waals surface area contributed by atoms with Gasteiger partial charge in [-0.15, -0.1) is 0 Å². The maximum absolute atomic E-state index is 5.45. The lowest BCUT2D eigenvalue weighted by atomic mass is 9.77. The molecule has 0 radical (unpaired) electrons. The first-order valence-corrected chi connectivity index (χ1v) is 8.59. The highest BCUT2D eigenvalue weighted by atomic mass is 16.5. The summed E-state index contributed by atoms with van der Waals surface area (Å²) in [5.41, 5.74) is 0.722. The Morgan fingerprint density at radius 1 is 1.05 bits per heavy atom. The quantitative estimate of drug-likeness (QED) is 0.777. The van der Waals surface area contributed by atoms with E-state index in [1.807, 2.05) is 7.11 Å². The van der Waals surface area contributed by atoms with E-state index >= 15 is 0 Å². The maximum Gasteiger partial charge on any atom is 0.0630 e. The van der Waals surface area contributed by atoms with Crippen LogP contribution in [0.15, 0.2) is 0 Å². The molecule has 0 aromatic heterocycles. The molecule has 1 atom stereocenters. The third-order valence-electron chi connectivity index (χ3n) is 5.33. The topological polar surface area (TPSA) is 24.5 Å². The molecular weight excluding hydrogens is 248 g/mol. The Hall–Kier alpha value is -0.120. The van der Waals surface area contributed by atoms with Gasteiger partial charge in [-0.1, -0.05) is 26.7 Å². The first-order chi connectivity index (χ1) is 9.65. The highest BCUT2D eigenvalue weighted by Crippen LogP contribution is 2.46. The molecule has 1 unspecified atom stereocenters. The monoisotopic (exact) mass is 282 g/mol. The largest absolute Gasteiger partial charge is 0.383 e. The van der Waals surface area contributed by atoms with Gasteiger partial charge >= 0.3 is 0 Å². The van der Waals surface area contributed by atoms with Crippen molar-refractivity contribution in [3.63, 3.8) is 0 Å². The molecule has 1 heterocycles. The van der Waals surface area contributed by atoms with E-state index in [0.717, 1.165) is 31.0 Å². The number of rotatable bonds is 7. The van der Waals surface area contributed by atoms with Crippen LogP contribution in [-0.4, -0.2) is 50.8 Å². The molecule has 1 saturated heterocycles. The van der Waals surface area contributed by atoms with Crippen molar-refractivity contribution in [2.45, 2.75) is 58.4 Å². The zero-order valence-corrected chi connectivity index (χ0v) is 13.8. The average Bonchev–Trinajstić information content (AvgIpc) is 2.87. The summed E-state index contributed by atoms with van der Waals surface area (Å²) in [6, 6.07) is 0.553. The van der Waals surface area contributed by atoms with Crippen LogP contribution in [-0.2, 0) is 4.74 Å². The van der Waals surface area contributed by atoms with Gasteiger partial charge in [-0.05, 0) is 56.7 Å². The smallest absolute Gasteiger partial charge is 0.0630 e. The molecule has 1 aliphatic carbocycles. The molecule has 0 aromatic rings. The zero-order valence-electron chi connectivity index (χ0n) is 13.8. The fourth-order valence-corrected chi connectivity index (χ4v) is 4.01. The third-order valence-corrected chi connectivity index (χ3v) is 5.33. The van der Waals surface area contributed by atoms with E-state index in [9.17, 15) is 0 Å². The second-order valence-corrected chi connectivity index (χ2v) is 7.40. The van der Waals surface area contributed by atoms with Crippen LogP contribution in [0.5, 0.6) is 0 Å². The van der Waals surface area contributed by atoms with Crippen molar-refractivity contribution >= 4 is 0 Å². The first kappa shape index (κ1) is 16.3. The highest BCUT2D eigenvalue weighted by molar-refractivity contribution is 4.91. The molecule has 2 rings (SSSR count). The van der Waals surface area contributed by atoms with Crippen molar-refractivity contribution in [3.8, 4) is 0 Å². The fraction of sp³-hybridized carbons (Fsp3) is 1.00. The molecule has 1 saturated carbocycles. The third kappa shape index (κ3) is 4.44. The minimum atomic E-state index is 0.553. The van der Waals surface area contributed by atoms with Crippen LogP contribution < -0.4 is 5.32 Å². The Morgan fingerprint density at radius 3 is 2.25 bits per heavy atom. The Bertz CT molecular complexity index is 264.